The van der Waals surface area contributed by atoms with Crippen LogP contribution in [0.15, 0.2) is 79.8 Å². The molecule has 0 amide bonds. The Bertz CT molecular complexity index is 2070. The fraction of sp³-hybridized carbons (Fsp3) is 0.0833. The molecule has 16 heteroatoms. The van der Waals surface area contributed by atoms with Gasteiger partial charge in [-0.1, -0.05) is 0 Å². The molecule has 0 fully saturated rings. The number of oxazole rings is 7. The summed E-state index contributed by atoms with van der Waals surface area (Å²) in [5, 5.41) is 0.684. The highest BCUT2D eigenvalue weighted by Gasteiger charge is 2.29. The first-order valence-corrected chi connectivity index (χ1v) is 12.6. The highest BCUT2D eigenvalue weighted by atomic mass is 32.2. The third-order valence-electron chi connectivity index (χ3n) is 6.02. The topological polar surface area (TPSA) is 195 Å². The first-order valence-electron chi connectivity index (χ1n) is 11.7. The largest absolute Gasteiger partial charge is 0.446 e. The van der Waals surface area contributed by atoms with E-state index in [4.69, 9.17) is 35.9 Å². The minimum Gasteiger partial charge on any atom is -0.446 e. The van der Waals surface area contributed by atoms with Crippen LogP contribution in [0.25, 0.3) is 69.5 Å². The molecule has 0 radical (unpaired) electrons. The van der Waals surface area contributed by atoms with Gasteiger partial charge in [-0.2, -0.15) is 0 Å². The van der Waals surface area contributed by atoms with Crippen molar-refractivity contribution in [3.05, 3.63) is 55.4 Å². The summed E-state index contributed by atoms with van der Waals surface area (Å²) in [5.41, 5.74) is 2.73. The first kappa shape index (κ1) is 21.4. The van der Waals surface area contributed by atoms with Gasteiger partial charge in [0.2, 0.25) is 41.2 Å². The molecule has 15 nitrogen and oxygen atoms in total. The number of rotatable bonds is 0. The van der Waals surface area contributed by atoms with E-state index in [1.165, 1.54) is 55.6 Å². The Hall–Kier alpha value is -5.51. The second-order valence-corrected chi connectivity index (χ2v) is 9.57. The van der Waals surface area contributed by atoms with Gasteiger partial charge >= 0.3 is 0 Å². The molecule has 194 valence electrons. The summed E-state index contributed by atoms with van der Waals surface area (Å²) in [7, 11) is 0. The maximum atomic E-state index is 5.70. The van der Waals surface area contributed by atoms with Crippen molar-refractivity contribution < 1.29 is 30.9 Å². The second-order valence-electron chi connectivity index (χ2n) is 8.56. The van der Waals surface area contributed by atoms with Gasteiger partial charge in [-0.3, -0.25) is 4.99 Å². The van der Waals surface area contributed by atoms with Crippen LogP contribution in [0.3, 0.4) is 0 Å². The summed E-state index contributed by atoms with van der Waals surface area (Å²) < 4.78 is 39.3. The summed E-state index contributed by atoms with van der Waals surface area (Å²) in [4.78, 5) is 35.9. The molecule has 7 aromatic heterocycles. The van der Waals surface area contributed by atoms with Crippen LogP contribution in [-0.4, -0.2) is 45.7 Å². The maximum Gasteiger partial charge on any atom is 0.249 e. The number of aliphatic imine (C=N–C) groups is 1. The SMILES string of the molecule is c1oc2nc1C1=NC(CS1)c1nc(co1)-c1nc(co1)-c1nc(co1)-c1nc(co1)-c1nc(co1)-c1nc-2co1. The number of nitrogens with zero attached hydrogens (tertiary/aromatic N) is 8. The Kier molecular flexibility index (Phi) is 4.28. The zero-order valence-electron chi connectivity index (χ0n) is 19.7. The van der Waals surface area contributed by atoms with E-state index in [1.54, 1.807) is 0 Å². The van der Waals surface area contributed by atoms with Gasteiger partial charge in [0.1, 0.15) is 60.6 Å². The van der Waals surface area contributed by atoms with Crippen molar-refractivity contribution in [3.8, 4) is 69.5 Å². The molecule has 0 spiro atoms. The lowest BCUT2D eigenvalue weighted by atomic mass is 10.3. The molecule has 0 aliphatic carbocycles. The molecule has 7 aromatic rings. The van der Waals surface area contributed by atoms with Crippen molar-refractivity contribution in [2.45, 2.75) is 6.04 Å². The Balaban J connectivity index is 1.16. The van der Waals surface area contributed by atoms with Gasteiger partial charge < -0.3 is 30.9 Å². The predicted molar refractivity (Wildman–Crippen MR) is 131 cm³/mol. The van der Waals surface area contributed by atoms with Gasteiger partial charge in [-0.15, -0.1) is 11.8 Å². The second kappa shape index (κ2) is 8.00. The molecule has 16 bridgehead atoms. The molecule has 0 N–H and O–H groups in total. The Morgan fingerprint density at radius 2 is 0.800 bits per heavy atom. The fourth-order valence-corrected chi connectivity index (χ4v) is 5.09. The zero-order chi connectivity index (χ0) is 26.2. The number of hydrogen-bond donors (Lipinski definition) is 0. The van der Waals surface area contributed by atoms with Crippen LogP contribution in [0.4, 0.5) is 0 Å². The number of hydrogen-bond acceptors (Lipinski definition) is 16. The van der Waals surface area contributed by atoms with E-state index < -0.39 is 0 Å². The van der Waals surface area contributed by atoms with Crippen LogP contribution in [0.5, 0.6) is 0 Å². The van der Waals surface area contributed by atoms with E-state index in [0.29, 0.717) is 56.5 Å². The summed E-state index contributed by atoms with van der Waals surface area (Å²) in [6.45, 7) is 0. The lowest BCUT2D eigenvalue weighted by Gasteiger charge is -1.97. The molecule has 0 saturated carbocycles. The van der Waals surface area contributed by atoms with Crippen molar-refractivity contribution in [2.24, 2.45) is 4.99 Å². The lowest BCUT2D eigenvalue weighted by Crippen LogP contribution is -1.95. The fourth-order valence-electron chi connectivity index (χ4n) is 4.12. The number of aromatic nitrogens is 7. The normalized spacial score (nSPS) is 15.7. The standard InChI is InChI=1S/C24H10N8O7S/c1-10-18-27-12(3-35-18)20-29-14(5-37-20)22-31-15(7-39-22)24-32-16(8-40-24)23-30-13(6-38-23)21-28-11(4-36-21)19-26-9(2-34-19)17(25-10)33-1/h1-7,16H,8H2. The molecule has 9 rings (SSSR count). The van der Waals surface area contributed by atoms with Crippen LogP contribution in [0, 0.1) is 0 Å². The third-order valence-corrected chi connectivity index (χ3v) is 7.09. The smallest absolute Gasteiger partial charge is 0.249 e. The van der Waals surface area contributed by atoms with Crippen molar-refractivity contribution >= 4 is 16.8 Å². The number of fused-ring (bicyclic) bond motifs is 23. The minimum atomic E-state index is -0.325. The van der Waals surface area contributed by atoms with Crippen molar-refractivity contribution in [1.29, 1.82) is 0 Å². The molecule has 40 heavy (non-hydrogen) atoms. The maximum absolute atomic E-state index is 5.70. The van der Waals surface area contributed by atoms with Gasteiger partial charge in [-0.25, -0.2) is 34.9 Å². The molecule has 2 aliphatic heterocycles. The molecule has 1 unspecified atom stereocenters. The highest BCUT2D eigenvalue weighted by molar-refractivity contribution is 8.14. The molecular formula is C24H10N8O7S. The van der Waals surface area contributed by atoms with E-state index in [9.17, 15) is 0 Å². The van der Waals surface area contributed by atoms with Gasteiger partial charge in [-0.05, 0) is 0 Å². The lowest BCUT2D eigenvalue weighted by molar-refractivity contribution is 0.469. The summed E-state index contributed by atoms with van der Waals surface area (Å²) in [6, 6.07) is -0.325. The monoisotopic (exact) mass is 554 g/mol. The van der Waals surface area contributed by atoms with Gasteiger partial charge in [0.25, 0.3) is 0 Å². The summed E-state index contributed by atoms with van der Waals surface area (Å²) in [5.74, 6) is 2.33. The van der Waals surface area contributed by atoms with Gasteiger partial charge in [0, 0.05) is 5.75 Å². The van der Waals surface area contributed by atoms with E-state index in [-0.39, 0.29) is 41.4 Å². The van der Waals surface area contributed by atoms with Crippen molar-refractivity contribution in [3.63, 3.8) is 0 Å². The quantitative estimate of drug-likeness (QED) is 0.238. The summed E-state index contributed by atoms with van der Waals surface area (Å²) >= 11 is 1.51. The average Bonchev–Trinajstić information content (AvgIpc) is 3.84. The van der Waals surface area contributed by atoms with E-state index in [2.05, 4.69) is 34.9 Å². The third kappa shape index (κ3) is 3.32. The molecule has 2 aliphatic rings. The Labute approximate surface area is 224 Å². The molecule has 0 aromatic carbocycles. The molecule has 1 atom stereocenters. The average molecular weight is 554 g/mol. The van der Waals surface area contributed by atoms with Crippen LogP contribution in [0.1, 0.15) is 17.6 Å². The Morgan fingerprint density at radius 3 is 1.25 bits per heavy atom. The first-order chi connectivity index (χ1) is 19.7. The van der Waals surface area contributed by atoms with E-state index >= 15 is 0 Å². The van der Waals surface area contributed by atoms with Crippen molar-refractivity contribution in [1.82, 2.24) is 34.9 Å². The highest BCUT2D eigenvalue weighted by Crippen LogP contribution is 2.35. The van der Waals surface area contributed by atoms with E-state index in [1.807, 2.05) is 0 Å². The van der Waals surface area contributed by atoms with Crippen LogP contribution < -0.4 is 0 Å². The van der Waals surface area contributed by atoms with E-state index in [0.717, 1.165) is 0 Å². The predicted octanol–water partition coefficient (Wildman–Crippen LogP) is 5.15. The van der Waals surface area contributed by atoms with Gasteiger partial charge in [0.05, 0.1) is 0 Å². The van der Waals surface area contributed by atoms with Gasteiger partial charge in [0.15, 0.2) is 34.2 Å². The van der Waals surface area contributed by atoms with Crippen LogP contribution in [-0.2, 0) is 0 Å². The number of thioether (sulfide) groups is 1. The van der Waals surface area contributed by atoms with Crippen molar-refractivity contribution in [2.75, 3.05) is 5.75 Å². The zero-order valence-corrected chi connectivity index (χ0v) is 20.5. The molecule has 9 heterocycles. The van der Waals surface area contributed by atoms with Crippen LogP contribution in [0.2, 0.25) is 0 Å². The van der Waals surface area contributed by atoms with Crippen LogP contribution >= 0.6 is 11.8 Å². The molecule has 0 saturated heterocycles. The Morgan fingerprint density at radius 1 is 0.450 bits per heavy atom. The minimum absolute atomic E-state index is 0.191. The summed E-state index contributed by atoms with van der Waals surface area (Å²) in [6.07, 6.45) is 9.99. The molecular weight excluding hydrogens is 544 g/mol.